The predicted molar refractivity (Wildman–Crippen MR) is 56.0 cm³/mol. The molecule has 5 nitrogen and oxygen atoms in total. The summed E-state index contributed by atoms with van der Waals surface area (Å²) in [5.41, 5.74) is 0. The third-order valence-electron chi connectivity index (χ3n) is 3.28. The molecule has 0 bridgehead atoms. The first kappa shape index (κ1) is 11.4. The highest BCUT2D eigenvalue weighted by molar-refractivity contribution is 5.86. The van der Waals surface area contributed by atoms with Gasteiger partial charge in [-0.15, -0.1) is 0 Å². The highest BCUT2D eigenvalue weighted by Crippen LogP contribution is 2.22. The molecule has 2 fully saturated rings. The van der Waals surface area contributed by atoms with E-state index in [1.807, 2.05) is 0 Å². The monoisotopic (exact) mass is 227 g/mol. The van der Waals surface area contributed by atoms with E-state index in [1.54, 1.807) is 0 Å². The summed E-state index contributed by atoms with van der Waals surface area (Å²) < 4.78 is 5.31. The van der Waals surface area contributed by atoms with Gasteiger partial charge < -0.3 is 14.7 Å². The molecule has 0 aromatic carbocycles. The Morgan fingerprint density at radius 1 is 1.19 bits per heavy atom. The molecule has 2 saturated heterocycles. The number of amides is 1. The fraction of sp³-hybridized carbons (Fsp3) is 0.818. The van der Waals surface area contributed by atoms with Crippen LogP contribution in [0.1, 0.15) is 32.1 Å². The molecule has 0 saturated carbocycles. The zero-order chi connectivity index (χ0) is 11.5. The Labute approximate surface area is 94.4 Å². The molecule has 0 aromatic rings. The number of ether oxygens (including phenoxy) is 1. The van der Waals surface area contributed by atoms with Crippen molar-refractivity contribution in [3.63, 3.8) is 0 Å². The smallest absolute Gasteiger partial charge is 0.326 e. The summed E-state index contributed by atoms with van der Waals surface area (Å²) in [7, 11) is 0. The maximum atomic E-state index is 12.1. The number of aliphatic carboxylic acids is 1. The van der Waals surface area contributed by atoms with Crippen LogP contribution in [0.25, 0.3) is 0 Å². The van der Waals surface area contributed by atoms with Crippen molar-refractivity contribution in [2.45, 2.75) is 44.2 Å². The number of carbonyl (C=O) groups excluding carboxylic acids is 1. The van der Waals surface area contributed by atoms with Crippen LogP contribution in [0.3, 0.4) is 0 Å². The molecule has 2 rings (SSSR count). The topological polar surface area (TPSA) is 66.8 Å². The van der Waals surface area contributed by atoms with Gasteiger partial charge in [0, 0.05) is 13.2 Å². The number of piperidine rings is 1. The van der Waals surface area contributed by atoms with Crippen LogP contribution in [0.5, 0.6) is 0 Å². The van der Waals surface area contributed by atoms with Crippen LogP contribution in [-0.4, -0.2) is 47.2 Å². The lowest BCUT2D eigenvalue weighted by molar-refractivity contribution is -0.156. The van der Waals surface area contributed by atoms with E-state index in [2.05, 4.69) is 0 Å². The molecule has 5 heteroatoms. The Morgan fingerprint density at radius 3 is 2.62 bits per heavy atom. The van der Waals surface area contributed by atoms with Gasteiger partial charge in [0.25, 0.3) is 5.91 Å². The first-order chi connectivity index (χ1) is 7.70. The van der Waals surface area contributed by atoms with Crippen LogP contribution < -0.4 is 0 Å². The van der Waals surface area contributed by atoms with Gasteiger partial charge >= 0.3 is 5.97 Å². The van der Waals surface area contributed by atoms with Crippen LogP contribution in [0, 0.1) is 0 Å². The number of rotatable bonds is 2. The fourth-order valence-corrected chi connectivity index (χ4v) is 2.41. The standard InChI is InChI=1S/C11H17NO4/c13-10(9-5-3-7-16-9)12-6-2-1-4-8(12)11(14)15/h8-9H,1-7H2,(H,14,15). The van der Waals surface area contributed by atoms with Gasteiger partial charge in [0.05, 0.1) is 0 Å². The second kappa shape index (κ2) is 4.82. The molecule has 0 radical (unpaired) electrons. The van der Waals surface area contributed by atoms with Gasteiger partial charge in [0.2, 0.25) is 0 Å². The average Bonchev–Trinajstić information content (AvgIpc) is 2.81. The number of carboxylic acids is 1. The number of carbonyl (C=O) groups is 2. The van der Waals surface area contributed by atoms with Crippen molar-refractivity contribution in [1.29, 1.82) is 0 Å². The van der Waals surface area contributed by atoms with Crippen LogP contribution in [0.15, 0.2) is 0 Å². The summed E-state index contributed by atoms with van der Waals surface area (Å²) in [4.78, 5) is 24.6. The Kier molecular flexibility index (Phi) is 3.43. The molecule has 2 aliphatic heterocycles. The lowest BCUT2D eigenvalue weighted by Crippen LogP contribution is -2.51. The average molecular weight is 227 g/mol. The van der Waals surface area contributed by atoms with Crippen molar-refractivity contribution in [2.24, 2.45) is 0 Å². The molecule has 1 amide bonds. The van der Waals surface area contributed by atoms with Crippen molar-refractivity contribution >= 4 is 11.9 Å². The summed E-state index contributed by atoms with van der Waals surface area (Å²) in [6, 6.07) is -0.648. The maximum absolute atomic E-state index is 12.1. The minimum Gasteiger partial charge on any atom is -0.480 e. The summed E-state index contributed by atoms with van der Waals surface area (Å²) >= 11 is 0. The lowest BCUT2D eigenvalue weighted by Gasteiger charge is -2.34. The maximum Gasteiger partial charge on any atom is 0.326 e. The van der Waals surface area contributed by atoms with Gasteiger partial charge in [-0.1, -0.05) is 0 Å². The molecule has 2 unspecified atom stereocenters. The Balaban J connectivity index is 2.04. The zero-order valence-electron chi connectivity index (χ0n) is 9.22. The molecule has 0 aromatic heterocycles. The highest BCUT2D eigenvalue weighted by atomic mass is 16.5. The normalized spacial score (nSPS) is 30.4. The molecule has 90 valence electrons. The minimum atomic E-state index is -0.897. The summed E-state index contributed by atoms with van der Waals surface area (Å²) in [5.74, 6) is -1.03. The highest BCUT2D eigenvalue weighted by Gasteiger charge is 2.36. The third kappa shape index (κ3) is 2.19. The SMILES string of the molecule is O=C(O)C1CCCCN1C(=O)C1CCCO1. The molecule has 0 spiro atoms. The summed E-state index contributed by atoms with van der Waals surface area (Å²) in [5, 5.41) is 9.07. The van der Waals surface area contributed by atoms with E-state index in [-0.39, 0.29) is 5.91 Å². The first-order valence-corrected chi connectivity index (χ1v) is 5.85. The number of likely N-dealkylation sites (tertiary alicyclic amines) is 1. The fourth-order valence-electron chi connectivity index (χ4n) is 2.41. The second-order valence-electron chi connectivity index (χ2n) is 4.38. The largest absolute Gasteiger partial charge is 0.480 e. The van der Waals surface area contributed by atoms with Gasteiger partial charge in [0.15, 0.2) is 0 Å². The van der Waals surface area contributed by atoms with Gasteiger partial charge in [-0.3, -0.25) is 4.79 Å². The molecule has 1 N–H and O–H groups in total. The van der Waals surface area contributed by atoms with Crippen molar-refractivity contribution < 1.29 is 19.4 Å². The second-order valence-corrected chi connectivity index (χ2v) is 4.38. The number of hydrogen-bond donors (Lipinski definition) is 1. The number of nitrogens with zero attached hydrogens (tertiary/aromatic N) is 1. The van der Waals surface area contributed by atoms with E-state index in [9.17, 15) is 9.59 Å². The Bertz CT molecular complexity index is 286. The van der Waals surface area contributed by atoms with Gasteiger partial charge in [0.1, 0.15) is 12.1 Å². The first-order valence-electron chi connectivity index (χ1n) is 5.85. The number of carboxylic acid groups (broad SMARTS) is 1. The van der Waals surface area contributed by atoms with Crippen molar-refractivity contribution in [2.75, 3.05) is 13.2 Å². The Morgan fingerprint density at radius 2 is 2.00 bits per heavy atom. The van der Waals surface area contributed by atoms with Crippen molar-refractivity contribution in [1.82, 2.24) is 4.90 Å². The van der Waals surface area contributed by atoms with E-state index < -0.39 is 18.1 Å². The van der Waals surface area contributed by atoms with Crippen LogP contribution in [0.4, 0.5) is 0 Å². The molecular formula is C11H17NO4. The molecule has 2 heterocycles. The van der Waals surface area contributed by atoms with E-state index in [0.29, 0.717) is 19.6 Å². The van der Waals surface area contributed by atoms with Crippen LogP contribution in [0.2, 0.25) is 0 Å². The summed E-state index contributed by atoms with van der Waals surface area (Å²) in [6.45, 7) is 1.16. The molecule has 2 atom stereocenters. The quantitative estimate of drug-likeness (QED) is 0.751. The molecule has 2 aliphatic rings. The number of hydrogen-bond acceptors (Lipinski definition) is 3. The van der Waals surface area contributed by atoms with Crippen molar-refractivity contribution in [3.8, 4) is 0 Å². The van der Waals surface area contributed by atoms with Gasteiger partial charge in [-0.2, -0.15) is 0 Å². The third-order valence-corrected chi connectivity index (χ3v) is 3.28. The zero-order valence-corrected chi connectivity index (χ0v) is 9.22. The van der Waals surface area contributed by atoms with E-state index in [4.69, 9.17) is 9.84 Å². The predicted octanol–water partition coefficient (Wildman–Crippen LogP) is 0.631. The van der Waals surface area contributed by atoms with Gasteiger partial charge in [-0.05, 0) is 32.1 Å². The lowest BCUT2D eigenvalue weighted by atomic mass is 10.0. The van der Waals surface area contributed by atoms with E-state index >= 15 is 0 Å². The Hall–Kier alpha value is -1.10. The minimum absolute atomic E-state index is 0.135. The summed E-state index contributed by atoms with van der Waals surface area (Å²) in [6.07, 6.45) is 3.55. The molecule has 16 heavy (non-hydrogen) atoms. The molecular weight excluding hydrogens is 210 g/mol. The van der Waals surface area contributed by atoms with Crippen molar-refractivity contribution in [3.05, 3.63) is 0 Å². The van der Waals surface area contributed by atoms with E-state index in [0.717, 1.165) is 25.7 Å². The van der Waals surface area contributed by atoms with Gasteiger partial charge in [-0.25, -0.2) is 4.79 Å². The van der Waals surface area contributed by atoms with Crippen LogP contribution >= 0.6 is 0 Å². The molecule has 0 aliphatic carbocycles. The van der Waals surface area contributed by atoms with Crippen LogP contribution in [-0.2, 0) is 14.3 Å². The van der Waals surface area contributed by atoms with E-state index in [1.165, 1.54) is 4.90 Å².